The van der Waals surface area contributed by atoms with Gasteiger partial charge in [0.05, 0.1) is 17.9 Å². The number of carbonyl (C=O) groups excluding carboxylic acids is 1. The maximum absolute atomic E-state index is 12.0. The standard InChI is InChI=1S/C18H29N3O/c1-14(2)15(3)20-18(22)13-19-16-9-5-6-10-17(16)21-11-7-4-8-12-21/h5-6,9-10,14-15,19H,4,7-8,11-13H2,1-3H3,(H,20,22). The molecule has 1 unspecified atom stereocenters. The highest BCUT2D eigenvalue weighted by molar-refractivity contribution is 5.83. The van der Waals surface area contributed by atoms with Gasteiger partial charge >= 0.3 is 0 Å². The Morgan fingerprint density at radius 3 is 2.50 bits per heavy atom. The lowest BCUT2D eigenvalue weighted by molar-refractivity contribution is -0.120. The molecule has 0 saturated carbocycles. The van der Waals surface area contributed by atoms with Gasteiger partial charge in [-0.05, 0) is 44.2 Å². The van der Waals surface area contributed by atoms with Crippen LogP contribution in [0.3, 0.4) is 0 Å². The summed E-state index contributed by atoms with van der Waals surface area (Å²) in [5.74, 6) is 0.499. The van der Waals surface area contributed by atoms with Gasteiger partial charge in [0.1, 0.15) is 0 Å². The van der Waals surface area contributed by atoms with E-state index >= 15 is 0 Å². The second-order valence-corrected chi connectivity index (χ2v) is 6.52. The third-order valence-electron chi connectivity index (χ3n) is 4.43. The van der Waals surface area contributed by atoms with E-state index in [9.17, 15) is 4.79 Å². The summed E-state index contributed by atoms with van der Waals surface area (Å²) in [7, 11) is 0. The molecule has 22 heavy (non-hydrogen) atoms. The molecule has 1 aliphatic heterocycles. The van der Waals surface area contributed by atoms with Crippen LogP contribution in [0, 0.1) is 5.92 Å². The second-order valence-electron chi connectivity index (χ2n) is 6.52. The molecule has 1 fully saturated rings. The van der Waals surface area contributed by atoms with Crippen molar-refractivity contribution in [3.05, 3.63) is 24.3 Å². The fourth-order valence-corrected chi connectivity index (χ4v) is 2.68. The van der Waals surface area contributed by atoms with Gasteiger partial charge in [0.25, 0.3) is 0 Å². The summed E-state index contributed by atoms with van der Waals surface area (Å²) in [5, 5.41) is 6.33. The average Bonchev–Trinajstić information content (AvgIpc) is 2.54. The minimum Gasteiger partial charge on any atom is -0.374 e. The van der Waals surface area contributed by atoms with Gasteiger partial charge in [-0.1, -0.05) is 26.0 Å². The molecular weight excluding hydrogens is 274 g/mol. The van der Waals surface area contributed by atoms with Crippen LogP contribution in [0.1, 0.15) is 40.0 Å². The first kappa shape index (κ1) is 16.7. The minimum absolute atomic E-state index is 0.0506. The first-order valence-electron chi connectivity index (χ1n) is 8.45. The Morgan fingerprint density at radius 1 is 1.14 bits per heavy atom. The SMILES string of the molecule is CC(C)C(C)NC(=O)CNc1ccccc1N1CCCCC1. The topological polar surface area (TPSA) is 44.4 Å². The maximum atomic E-state index is 12.0. The molecule has 0 aromatic heterocycles. The molecule has 1 aromatic carbocycles. The Morgan fingerprint density at radius 2 is 1.82 bits per heavy atom. The van der Waals surface area contributed by atoms with Gasteiger partial charge in [0.15, 0.2) is 0 Å². The van der Waals surface area contributed by atoms with E-state index in [-0.39, 0.29) is 11.9 Å². The molecule has 1 saturated heterocycles. The molecule has 122 valence electrons. The van der Waals surface area contributed by atoms with E-state index in [2.05, 4.69) is 47.6 Å². The Bertz CT molecular complexity index is 481. The Kier molecular flexibility index (Phi) is 6.10. The zero-order chi connectivity index (χ0) is 15.9. The van der Waals surface area contributed by atoms with Crippen LogP contribution < -0.4 is 15.5 Å². The summed E-state index contributed by atoms with van der Waals surface area (Å²) in [6.45, 7) is 8.81. The Balaban J connectivity index is 1.93. The smallest absolute Gasteiger partial charge is 0.239 e. The number of para-hydroxylation sites is 2. The molecule has 0 spiro atoms. The van der Waals surface area contributed by atoms with Gasteiger partial charge in [-0.15, -0.1) is 0 Å². The van der Waals surface area contributed by atoms with Crippen LogP contribution in [0.15, 0.2) is 24.3 Å². The lowest BCUT2D eigenvalue weighted by Crippen LogP contribution is -2.39. The van der Waals surface area contributed by atoms with E-state index in [0.29, 0.717) is 12.5 Å². The fraction of sp³-hybridized carbons (Fsp3) is 0.611. The van der Waals surface area contributed by atoms with Crippen molar-refractivity contribution in [1.29, 1.82) is 0 Å². The number of amides is 1. The number of carbonyl (C=O) groups is 1. The van der Waals surface area contributed by atoms with Gasteiger partial charge in [0, 0.05) is 19.1 Å². The second kappa shape index (κ2) is 8.06. The number of rotatable bonds is 6. The molecule has 1 heterocycles. The highest BCUT2D eigenvalue weighted by Crippen LogP contribution is 2.27. The summed E-state index contributed by atoms with van der Waals surface area (Å²) < 4.78 is 0. The van der Waals surface area contributed by atoms with E-state index in [4.69, 9.17) is 0 Å². The van der Waals surface area contributed by atoms with E-state index < -0.39 is 0 Å². The van der Waals surface area contributed by atoms with E-state index in [1.807, 2.05) is 13.0 Å². The summed E-state index contributed by atoms with van der Waals surface area (Å²) in [4.78, 5) is 14.4. The molecule has 0 bridgehead atoms. The van der Waals surface area contributed by atoms with Crippen LogP contribution in [0.5, 0.6) is 0 Å². The predicted octanol–water partition coefficient (Wildman–Crippen LogP) is 3.25. The molecule has 4 heteroatoms. The van der Waals surface area contributed by atoms with Gasteiger partial charge in [-0.2, -0.15) is 0 Å². The third-order valence-corrected chi connectivity index (χ3v) is 4.43. The first-order chi connectivity index (χ1) is 10.6. The molecule has 0 radical (unpaired) electrons. The summed E-state index contributed by atoms with van der Waals surface area (Å²) in [6, 6.07) is 8.48. The molecule has 1 atom stereocenters. The van der Waals surface area contributed by atoms with Crippen molar-refractivity contribution < 1.29 is 4.79 Å². The lowest BCUT2D eigenvalue weighted by Gasteiger charge is -2.30. The number of hydrogen-bond donors (Lipinski definition) is 2. The van der Waals surface area contributed by atoms with Crippen LogP contribution in [-0.2, 0) is 4.79 Å². The largest absolute Gasteiger partial charge is 0.374 e. The molecule has 1 aromatic rings. The average molecular weight is 303 g/mol. The Labute approximate surface area is 134 Å². The number of benzene rings is 1. The zero-order valence-corrected chi connectivity index (χ0v) is 14.1. The van der Waals surface area contributed by atoms with Gasteiger partial charge in [-0.3, -0.25) is 4.79 Å². The van der Waals surface area contributed by atoms with Crippen molar-refractivity contribution in [3.63, 3.8) is 0 Å². The van der Waals surface area contributed by atoms with Crippen LogP contribution in [0.25, 0.3) is 0 Å². The summed E-state index contributed by atoms with van der Waals surface area (Å²) >= 11 is 0. The number of nitrogens with one attached hydrogen (secondary N) is 2. The van der Waals surface area contributed by atoms with Crippen molar-refractivity contribution in [1.82, 2.24) is 5.32 Å². The Hall–Kier alpha value is -1.71. The number of nitrogens with zero attached hydrogens (tertiary/aromatic N) is 1. The van der Waals surface area contributed by atoms with Crippen molar-refractivity contribution in [2.45, 2.75) is 46.1 Å². The fourth-order valence-electron chi connectivity index (χ4n) is 2.68. The molecule has 2 rings (SSSR count). The predicted molar refractivity (Wildman–Crippen MR) is 93.4 cm³/mol. The van der Waals surface area contributed by atoms with Crippen molar-refractivity contribution >= 4 is 17.3 Å². The van der Waals surface area contributed by atoms with Crippen molar-refractivity contribution in [2.75, 3.05) is 29.9 Å². The molecular formula is C18H29N3O. The third kappa shape index (κ3) is 4.65. The van der Waals surface area contributed by atoms with Crippen molar-refractivity contribution in [2.24, 2.45) is 5.92 Å². The number of hydrogen-bond acceptors (Lipinski definition) is 3. The summed E-state index contributed by atoms with van der Waals surface area (Å²) in [5.41, 5.74) is 2.27. The molecule has 4 nitrogen and oxygen atoms in total. The zero-order valence-electron chi connectivity index (χ0n) is 14.1. The van der Waals surface area contributed by atoms with E-state index in [0.717, 1.165) is 18.8 Å². The van der Waals surface area contributed by atoms with Crippen molar-refractivity contribution in [3.8, 4) is 0 Å². The van der Waals surface area contributed by atoms with E-state index in [1.165, 1.54) is 24.9 Å². The monoisotopic (exact) mass is 303 g/mol. The van der Waals surface area contributed by atoms with Crippen LogP contribution >= 0.6 is 0 Å². The van der Waals surface area contributed by atoms with Gasteiger partial charge in [0.2, 0.25) is 5.91 Å². The highest BCUT2D eigenvalue weighted by Gasteiger charge is 2.15. The first-order valence-corrected chi connectivity index (χ1v) is 8.45. The normalized spacial score (nSPS) is 16.5. The quantitative estimate of drug-likeness (QED) is 0.848. The van der Waals surface area contributed by atoms with Gasteiger partial charge in [-0.25, -0.2) is 0 Å². The molecule has 0 aliphatic carbocycles. The molecule has 2 N–H and O–H groups in total. The number of piperidine rings is 1. The minimum atomic E-state index is 0.0506. The molecule has 1 amide bonds. The van der Waals surface area contributed by atoms with Crippen LogP contribution in [-0.4, -0.2) is 31.6 Å². The maximum Gasteiger partial charge on any atom is 0.239 e. The van der Waals surface area contributed by atoms with E-state index in [1.54, 1.807) is 0 Å². The number of anilines is 2. The molecule has 1 aliphatic rings. The lowest BCUT2D eigenvalue weighted by atomic mass is 10.1. The van der Waals surface area contributed by atoms with Crippen LogP contribution in [0.2, 0.25) is 0 Å². The highest BCUT2D eigenvalue weighted by atomic mass is 16.1. The van der Waals surface area contributed by atoms with Crippen LogP contribution in [0.4, 0.5) is 11.4 Å². The summed E-state index contributed by atoms with van der Waals surface area (Å²) in [6.07, 6.45) is 3.82. The van der Waals surface area contributed by atoms with Gasteiger partial charge < -0.3 is 15.5 Å².